The molecule has 0 amide bonds. The second-order valence-corrected chi connectivity index (χ2v) is 8.86. The number of benzene rings is 2. The molecule has 2 aliphatic carbocycles. The number of carbonyl (C=O) groups is 1. The van der Waals surface area contributed by atoms with Crippen molar-refractivity contribution in [2.24, 2.45) is 23.7 Å². The molecule has 2 aromatic rings. The summed E-state index contributed by atoms with van der Waals surface area (Å²) in [5.74, 6) is 2.20. The molecule has 2 aliphatic rings. The first kappa shape index (κ1) is 17.6. The van der Waals surface area contributed by atoms with E-state index in [0.717, 1.165) is 12.8 Å². The van der Waals surface area contributed by atoms with Crippen LogP contribution >= 0.6 is 0 Å². The molecule has 0 N–H and O–H groups in total. The molecule has 5 atom stereocenters. The number of ether oxygens (including phenoxy) is 1. The number of fused-ring (bicyclic) bond motifs is 1. The number of esters is 1. The summed E-state index contributed by atoms with van der Waals surface area (Å²) in [6.07, 6.45) is 4.53. The first-order valence-corrected chi connectivity index (χ1v) is 10.2. The number of carbonyl (C=O) groups excluding carboxylic acids is 1. The van der Waals surface area contributed by atoms with Gasteiger partial charge in [-0.2, -0.15) is 0 Å². The molecule has 2 aromatic carbocycles. The topological polar surface area (TPSA) is 26.3 Å². The van der Waals surface area contributed by atoms with Crippen LogP contribution in [0.3, 0.4) is 0 Å². The summed E-state index contributed by atoms with van der Waals surface area (Å²) in [6.45, 7) is 6.80. The monoisotopic (exact) mass is 350 g/mol. The molecule has 2 saturated carbocycles. The van der Waals surface area contributed by atoms with Crippen molar-refractivity contribution in [3.8, 4) is 0 Å². The molecule has 0 radical (unpaired) electrons. The van der Waals surface area contributed by atoms with Crippen molar-refractivity contribution in [2.75, 3.05) is 0 Å². The van der Waals surface area contributed by atoms with Gasteiger partial charge in [-0.05, 0) is 59.3 Å². The lowest BCUT2D eigenvalue weighted by molar-refractivity contribution is -0.157. The second kappa shape index (κ2) is 7.06. The fourth-order valence-corrected chi connectivity index (χ4v) is 4.75. The summed E-state index contributed by atoms with van der Waals surface area (Å²) in [4.78, 5) is 12.8. The Hall–Kier alpha value is -1.83. The summed E-state index contributed by atoms with van der Waals surface area (Å²) in [7, 11) is 0. The van der Waals surface area contributed by atoms with Gasteiger partial charge in [0.1, 0.15) is 6.10 Å². The minimum absolute atomic E-state index is 0.0351. The van der Waals surface area contributed by atoms with Gasteiger partial charge in [-0.25, -0.2) is 0 Å². The summed E-state index contributed by atoms with van der Waals surface area (Å²) in [5, 5.41) is 2.51. The van der Waals surface area contributed by atoms with Gasteiger partial charge in [0.25, 0.3) is 0 Å². The quantitative estimate of drug-likeness (QED) is 0.637. The minimum Gasteiger partial charge on any atom is -0.462 e. The van der Waals surface area contributed by atoms with Crippen LogP contribution in [0.1, 0.15) is 57.9 Å². The third kappa shape index (κ3) is 3.51. The summed E-state index contributed by atoms with van der Waals surface area (Å²) < 4.78 is 6.06. The van der Waals surface area contributed by atoms with Crippen LogP contribution in [0.25, 0.3) is 10.8 Å². The fraction of sp³-hybridized carbons (Fsp3) is 0.542. The minimum atomic E-state index is 0.0351. The van der Waals surface area contributed by atoms with E-state index >= 15 is 0 Å². The highest BCUT2D eigenvalue weighted by molar-refractivity contribution is 5.84. The highest BCUT2D eigenvalue weighted by Crippen LogP contribution is 2.49. The van der Waals surface area contributed by atoms with E-state index < -0.39 is 0 Å². The molecule has 2 nitrogen and oxygen atoms in total. The second-order valence-electron chi connectivity index (χ2n) is 8.86. The van der Waals surface area contributed by atoms with Crippen molar-refractivity contribution in [1.29, 1.82) is 0 Å². The highest BCUT2D eigenvalue weighted by atomic mass is 16.5. The average molecular weight is 351 g/mol. The zero-order valence-electron chi connectivity index (χ0n) is 16.2. The first-order valence-electron chi connectivity index (χ1n) is 10.2. The van der Waals surface area contributed by atoms with Crippen LogP contribution in [0.4, 0.5) is 0 Å². The van der Waals surface area contributed by atoms with E-state index in [2.05, 4.69) is 63.2 Å². The number of rotatable bonds is 4. The molecule has 4 rings (SSSR count). The predicted molar refractivity (Wildman–Crippen MR) is 106 cm³/mol. The highest BCUT2D eigenvalue weighted by Gasteiger charge is 2.47. The molecule has 0 bridgehead atoms. The van der Waals surface area contributed by atoms with E-state index in [1.807, 2.05) is 0 Å². The molecular weight excluding hydrogens is 320 g/mol. The van der Waals surface area contributed by atoms with E-state index in [-0.39, 0.29) is 18.0 Å². The Labute approximate surface area is 156 Å². The van der Waals surface area contributed by atoms with Gasteiger partial charge < -0.3 is 4.74 Å². The number of hydrogen-bond donors (Lipinski definition) is 0. The lowest BCUT2D eigenvalue weighted by Crippen LogP contribution is -2.36. The van der Waals surface area contributed by atoms with Gasteiger partial charge in [-0.3, -0.25) is 4.79 Å². The molecule has 2 heteroatoms. The maximum atomic E-state index is 12.8. The van der Waals surface area contributed by atoms with Crippen LogP contribution in [0.15, 0.2) is 42.5 Å². The molecule has 0 saturated heterocycles. The van der Waals surface area contributed by atoms with E-state index in [9.17, 15) is 4.79 Å². The van der Waals surface area contributed by atoms with Crippen molar-refractivity contribution in [3.63, 3.8) is 0 Å². The molecule has 0 heterocycles. The lowest BCUT2D eigenvalue weighted by Gasteiger charge is -2.36. The maximum Gasteiger partial charge on any atom is 0.309 e. The van der Waals surface area contributed by atoms with Crippen LogP contribution in [-0.2, 0) is 9.53 Å². The fourth-order valence-electron chi connectivity index (χ4n) is 4.75. The molecule has 138 valence electrons. The Kier molecular flexibility index (Phi) is 4.77. The largest absolute Gasteiger partial charge is 0.462 e. The molecule has 2 fully saturated rings. The van der Waals surface area contributed by atoms with Crippen LogP contribution in [0.5, 0.6) is 0 Å². The Morgan fingerprint density at radius 2 is 1.81 bits per heavy atom. The van der Waals surface area contributed by atoms with Crippen molar-refractivity contribution in [1.82, 2.24) is 0 Å². The van der Waals surface area contributed by atoms with Crippen LogP contribution in [-0.4, -0.2) is 12.1 Å². The Morgan fingerprint density at radius 3 is 2.58 bits per heavy atom. The van der Waals surface area contributed by atoms with Gasteiger partial charge in [-0.1, -0.05) is 69.7 Å². The molecular formula is C24H30O2. The molecule has 0 spiro atoms. The lowest BCUT2D eigenvalue weighted by atomic mass is 9.75. The first-order chi connectivity index (χ1) is 12.5. The Morgan fingerprint density at radius 1 is 1.04 bits per heavy atom. The zero-order chi connectivity index (χ0) is 18.3. The van der Waals surface area contributed by atoms with Gasteiger partial charge in [0.05, 0.1) is 5.92 Å². The normalized spacial score (nSPS) is 31.2. The Balaban J connectivity index is 1.42. The number of hydrogen-bond acceptors (Lipinski definition) is 2. The predicted octanol–water partition coefficient (Wildman–Crippen LogP) is 5.95. The van der Waals surface area contributed by atoms with Crippen LogP contribution in [0.2, 0.25) is 0 Å². The standard InChI is InChI=1S/C24H30O2/c1-15(2)20-11-8-16(3)12-23(20)26-24(25)22-14-21(22)19-10-9-17-6-4-5-7-18(17)13-19/h4-7,9-10,13,15-16,20-23H,8,11-12,14H2,1-3H3/t16-,20+,21-,22-,23-/m1/s1. The van der Waals surface area contributed by atoms with Crippen molar-refractivity contribution in [2.45, 2.75) is 58.5 Å². The van der Waals surface area contributed by atoms with E-state index in [1.54, 1.807) is 0 Å². The van der Waals surface area contributed by atoms with Gasteiger partial charge >= 0.3 is 5.97 Å². The summed E-state index contributed by atoms with van der Waals surface area (Å²) in [5.41, 5.74) is 1.28. The van der Waals surface area contributed by atoms with Gasteiger partial charge in [-0.15, -0.1) is 0 Å². The van der Waals surface area contributed by atoms with Crippen LogP contribution < -0.4 is 0 Å². The van der Waals surface area contributed by atoms with Gasteiger partial charge in [0.15, 0.2) is 0 Å². The van der Waals surface area contributed by atoms with Gasteiger partial charge in [0, 0.05) is 0 Å². The molecule has 0 unspecified atom stereocenters. The van der Waals surface area contributed by atoms with E-state index in [1.165, 1.54) is 29.2 Å². The third-order valence-corrected chi connectivity index (χ3v) is 6.52. The smallest absolute Gasteiger partial charge is 0.309 e. The SMILES string of the molecule is CC(C)[C@@H]1CC[C@@H](C)C[C@H]1OC(=O)[C@@H]1C[C@@H]1c1ccc2ccccc2c1. The maximum absolute atomic E-state index is 12.8. The van der Waals surface area contributed by atoms with Crippen LogP contribution in [0, 0.1) is 23.7 Å². The summed E-state index contributed by atoms with van der Waals surface area (Å²) >= 11 is 0. The zero-order valence-corrected chi connectivity index (χ0v) is 16.2. The summed E-state index contributed by atoms with van der Waals surface area (Å²) in [6, 6.07) is 15.0. The third-order valence-electron chi connectivity index (χ3n) is 6.52. The molecule has 26 heavy (non-hydrogen) atoms. The molecule has 0 aromatic heterocycles. The Bertz CT molecular complexity index is 794. The van der Waals surface area contributed by atoms with Crippen molar-refractivity contribution in [3.05, 3.63) is 48.0 Å². The van der Waals surface area contributed by atoms with Crippen molar-refractivity contribution < 1.29 is 9.53 Å². The van der Waals surface area contributed by atoms with Crippen molar-refractivity contribution >= 4 is 16.7 Å². The van der Waals surface area contributed by atoms with Gasteiger partial charge in [0.2, 0.25) is 0 Å². The van der Waals surface area contributed by atoms with E-state index in [0.29, 0.717) is 23.7 Å². The average Bonchev–Trinajstić information content (AvgIpc) is 3.42. The molecule has 0 aliphatic heterocycles. The van der Waals surface area contributed by atoms with E-state index in [4.69, 9.17) is 4.74 Å².